The number of carbonyl (C=O) groups excluding carboxylic acids is 1. The van der Waals surface area contributed by atoms with Gasteiger partial charge in [0.2, 0.25) is 5.91 Å². The van der Waals surface area contributed by atoms with E-state index >= 15 is 0 Å². The summed E-state index contributed by atoms with van der Waals surface area (Å²) in [5.41, 5.74) is 0.724. The van der Waals surface area contributed by atoms with E-state index < -0.39 is 5.82 Å². The van der Waals surface area contributed by atoms with Gasteiger partial charge >= 0.3 is 0 Å². The van der Waals surface area contributed by atoms with Crippen molar-refractivity contribution in [3.63, 3.8) is 0 Å². The number of carbonyl (C=O) groups is 1. The zero-order valence-corrected chi connectivity index (χ0v) is 12.6. The highest BCUT2D eigenvalue weighted by molar-refractivity contribution is 5.75. The smallest absolute Gasteiger partial charge is 0.223 e. The molecule has 0 aliphatic heterocycles. The number of benzene rings is 1. The zero-order chi connectivity index (χ0) is 15.5. The highest BCUT2D eigenvalue weighted by Gasteiger charge is 2.10. The maximum Gasteiger partial charge on any atom is 0.223 e. The number of rotatable bonds is 10. The Bertz CT molecular complexity index is 441. The molecule has 118 valence electrons. The van der Waals surface area contributed by atoms with Crippen molar-refractivity contribution in [2.45, 2.75) is 19.9 Å². The van der Waals surface area contributed by atoms with Crippen LogP contribution in [0.3, 0.4) is 0 Å². The van der Waals surface area contributed by atoms with Gasteiger partial charge in [0.05, 0.1) is 19.6 Å². The molecule has 0 aliphatic rings. The summed E-state index contributed by atoms with van der Waals surface area (Å²) in [5, 5.41) is 5.81. The lowest BCUT2D eigenvalue weighted by Gasteiger charge is -2.13. The molecular formula is C15H23FN2O3. The Labute approximate surface area is 124 Å². The van der Waals surface area contributed by atoms with Crippen LogP contribution in [0.25, 0.3) is 0 Å². The van der Waals surface area contributed by atoms with Crippen LogP contribution in [0.4, 0.5) is 4.39 Å². The number of methoxy groups -OCH3 is 1. The molecular weight excluding hydrogens is 275 g/mol. The monoisotopic (exact) mass is 298 g/mol. The number of amides is 1. The van der Waals surface area contributed by atoms with Crippen molar-refractivity contribution in [2.24, 2.45) is 0 Å². The summed E-state index contributed by atoms with van der Waals surface area (Å²) in [6.45, 7) is 4.32. The highest BCUT2D eigenvalue weighted by Crippen LogP contribution is 2.22. The first-order chi connectivity index (χ1) is 10.2. The molecule has 1 amide bonds. The molecule has 6 heteroatoms. The molecule has 0 fully saturated rings. The van der Waals surface area contributed by atoms with Gasteiger partial charge < -0.3 is 20.1 Å². The molecule has 0 spiro atoms. The number of para-hydroxylation sites is 1. The van der Waals surface area contributed by atoms with E-state index in [1.165, 1.54) is 6.07 Å². The summed E-state index contributed by atoms with van der Waals surface area (Å²) < 4.78 is 24.2. The third-order valence-electron chi connectivity index (χ3n) is 2.80. The fourth-order valence-corrected chi connectivity index (χ4v) is 1.78. The first-order valence-electron chi connectivity index (χ1n) is 7.05. The molecule has 0 bridgehead atoms. The number of nitrogens with one attached hydrogen (secondary N) is 2. The van der Waals surface area contributed by atoms with Crippen LogP contribution in [-0.4, -0.2) is 39.3 Å². The maximum absolute atomic E-state index is 13.8. The first-order valence-corrected chi connectivity index (χ1v) is 7.05. The van der Waals surface area contributed by atoms with E-state index in [0.29, 0.717) is 26.2 Å². The van der Waals surface area contributed by atoms with Crippen molar-refractivity contribution < 1.29 is 18.7 Å². The summed E-state index contributed by atoms with van der Waals surface area (Å²) >= 11 is 0. The van der Waals surface area contributed by atoms with Crippen LogP contribution in [-0.2, 0) is 16.1 Å². The van der Waals surface area contributed by atoms with Crippen molar-refractivity contribution >= 4 is 5.91 Å². The molecule has 5 nitrogen and oxygen atoms in total. The molecule has 0 saturated heterocycles. The van der Waals surface area contributed by atoms with Crippen LogP contribution in [0.5, 0.6) is 5.75 Å². The van der Waals surface area contributed by atoms with E-state index in [-0.39, 0.29) is 24.7 Å². The zero-order valence-electron chi connectivity index (χ0n) is 12.6. The Morgan fingerprint density at radius 2 is 2.14 bits per heavy atom. The molecule has 21 heavy (non-hydrogen) atoms. The lowest BCUT2D eigenvalue weighted by Crippen LogP contribution is -2.24. The van der Waals surface area contributed by atoms with Crippen LogP contribution in [0.1, 0.15) is 18.9 Å². The van der Waals surface area contributed by atoms with Gasteiger partial charge in [-0.3, -0.25) is 4.79 Å². The van der Waals surface area contributed by atoms with Crippen LogP contribution in [0.15, 0.2) is 18.2 Å². The van der Waals surface area contributed by atoms with Gasteiger partial charge in [0.1, 0.15) is 0 Å². The van der Waals surface area contributed by atoms with Crippen molar-refractivity contribution in [3.05, 3.63) is 29.6 Å². The Balaban J connectivity index is 2.52. The van der Waals surface area contributed by atoms with E-state index in [1.54, 1.807) is 19.2 Å². The second kappa shape index (κ2) is 10.1. The minimum Gasteiger partial charge on any atom is -0.490 e. The molecule has 2 N–H and O–H groups in total. The number of hydrogen-bond donors (Lipinski definition) is 2. The maximum atomic E-state index is 13.8. The lowest BCUT2D eigenvalue weighted by atomic mass is 10.2. The van der Waals surface area contributed by atoms with Crippen molar-refractivity contribution in [3.8, 4) is 5.75 Å². The van der Waals surface area contributed by atoms with Crippen molar-refractivity contribution in [1.82, 2.24) is 10.6 Å². The van der Waals surface area contributed by atoms with Crippen molar-refractivity contribution in [2.75, 3.05) is 33.4 Å². The minimum absolute atomic E-state index is 0.103. The topological polar surface area (TPSA) is 59.6 Å². The van der Waals surface area contributed by atoms with E-state index in [1.807, 2.05) is 6.92 Å². The van der Waals surface area contributed by atoms with E-state index in [9.17, 15) is 9.18 Å². The Kier molecular flexibility index (Phi) is 8.38. The Hall–Kier alpha value is -1.66. The third kappa shape index (κ3) is 6.55. The lowest BCUT2D eigenvalue weighted by molar-refractivity contribution is -0.121. The fourth-order valence-electron chi connectivity index (χ4n) is 1.78. The van der Waals surface area contributed by atoms with Crippen LogP contribution < -0.4 is 15.4 Å². The predicted molar refractivity (Wildman–Crippen MR) is 78.8 cm³/mol. The van der Waals surface area contributed by atoms with Gasteiger partial charge in [0, 0.05) is 32.3 Å². The SMILES string of the molecule is CCNC(=O)CCOc1c(F)cccc1CNCCOC. The van der Waals surface area contributed by atoms with Gasteiger partial charge in [-0.15, -0.1) is 0 Å². The van der Waals surface area contributed by atoms with Crippen LogP contribution in [0, 0.1) is 5.82 Å². The molecule has 0 heterocycles. The van der Waals surface area contributed by atoms with E-state index in [4.69, 9.17) is 9.47 Å². The summed E-state index contributed by atoms with van der Waals surface area (Å²) in [7, 11) is 1.62. The first kappa shape index (κ1) is 17.4. The number of hydrogen-bond acceptors (Lipinski definition) is 4. The van der Waals surface area contributed by atoms with Gasteiger partial charge in [-0.2, -0.15) is 0 Å². The van der Waals surface area contributed by atoms with Gasteiger partial charge in [-0.1, -0.05) is 12.1 Å². The Morgan fingerprint density at radius 1 is 1.33 bits per heavy atom. The average molecular weight is 298 g/mol. The molecule has 0 atom stereocenters. The second-order valence-corrected chi connectivity index (χ2v) is 4.45. The predicted octanol–water partition coefficient (Wildman–Crippen LogP) is 1.47. The number of ether oxygens (including phenoxy) is 2. The molecule has 0 radical (unpaired) electrons. The van der Waals surface area contributed by atoms with Crippen molar-refractivity contribution in [1.29, 1.82) is 0 Å². The molecule has 1 rings (SSSR count). The Morgan fingerprint density at radius 3 is 2.86 bits per heavy atom. The molecule has 0 unspecified atom stereocenters. The van der Waals surface area contributed by atoms with Crippen LogP contribution in [0.2, 0.25) is 0 Å². The second-order valence-electron chi connectivity index (χ2n) is 4.45. The average Bonchev–Trinajstić information content (AvgIpc) is 2.46. The minimum atomic E-state index is -0.419. The van der Waals surface area contributed by atoms with Crippen LogP contribution >= 0.6 is 0 Å². The molecule has 0 aliphatic carbocycles. The van der Waals surface area contributed by atoms with Gasteiger partial charge in [0.25, 0.3) is 0 Å². The molecule has 0 aromatic heterocycles. The quantitative estimate of drug-likeness (QED) is 0.642. The largest absolute Gasteiger partial charge is 0.490 e. The normalized spacial score (nSPS) is 10.4. The summed E-state index contributed by atoms with van der Waals surface area (Å²) in [5.74, 6) is -0.322. The van der Waals surface area contributed by atoms with E-state index in [0.717, 1.165) is 5.56 Å². The van der Waals surface area contributed by atoms with Gasteiger partial charge in [0.15, 0.2) is 11.6 Å². The molecule has 1 aromatic rings. The molecule has 1 aromatic carbocycles. The highest BCUT2D eigenvalue weighted by atomic mass is 19.1. The van der Waals surface area contributed by atoms with Gasteiger partial charge in [-0.05, 0) is 13.0 Å². The van der Waals surface area contributed by atoms with E-state index in [2.05, 4.69) is 10.6 Å². The standard InChI is InChI=1S/C15H23FN2O3/c1-3-18-14(19)7-9-21-15-12(5-4-6-13(15)16)11-17-8-10-20-2/h4-6,17H,3,7-11H2,1-2H3,(H,18,19). The number of halogens is 1. The summed E-state index contributed by atoms with van der Waals surface area (Å²) in [6, 6.07) is 4.78. The fraction of sp³-hybridized carbons (Fsp3) is 0.533. The molecule has 0 saturated carbocycles. The summed E-state index contributed by atoms with van der Waals surface area (Å²) in [6.07, 6.45) is 0.207. The van der Waals surface area contributed by atoms with Gasteiger partial charge in [-0.25, -0.2) is 4.39 Å². The third-order valence-corrected chi connectivity index (χ3v) is 2.80. The summed E-state index contributed by atoms with van der Waals surface area (Å²) in [4.78, 5) is 11.3.